The average Bonchev–Trinajstić information content (AvgIpc) is 2.53. The van der Waals surface area contributed by atoms with E-state index >= 15 is 0 Å². The third kappa shape index (κ3) is 3.90. The van der Waals surface area contributed by atoms with E-state index in [4.69, 9.17) is 9.52 Å². The van der Waals surface area contributed by atoms with Crippen LogP contribution in [0.25, 0.3) is 11.0 Å². The maximum atomic E-state index is 11.4. The molecule has 1 amide bonds. The molecule has 0 spiro atoms. The van der Waals surface area contributed by atoms with Crippen LogP contribution in [-0.4, -0.2) is 41.8 Å². The van der Waals surface area contributed by atoms with Gasteiger partial charge in [-0.05, 0) is 30.9 Å². The number of nitrogens with zero attached hydrogens (tertiary/aromatic N) is 1. The lowest BCUT2D eigenvalue weighted by molar-refractivity contribution is 0.169. The van der Waals surface area contributed by atoms with Gasteiger partial charge in [-0.2, -0.15) is 0 Å². The van der Waals surface area contributed by atoms with Gasteiger partial charge in [0.05, 0.1) is 0 Å². The third-order valence-corrected chi connectivity index (χ3v) is 4.34. The highest BCUT2D eigenvalue weighted by molar-refractivity contribution is 5.79. The van der Waals surface area contributed by atoms with Gasteiger partial charge in [-0.15, -0.1) is 0 Å². The molecule has 1 aromatic heterocycles. The lowest BCUT2D eigenvalue weighted by atomic mass is 10.0. The molecule has 1 fully saturated rings. The molecule has 1 saturated heterocycles. The summed E-state index contributed by atoms with van der Waals surface area (Å²) in [7, 11) is 0. The molecule has 2 N–H and O–H groups in total. The van der Waals surface area contributed by atoms with Gasteiger partial charge in [-0.1, -0.05) is 18.2 Å². The standard InChI is InChI=1S/C17H20N2O4/c20-15-5-4-12-2-1-3-13(16(12)23-15)6-9-19-10-7-14(8-11-19)18-17(21)22/h1-5,14,18H,6-11H2,(H,21,22). The van der Waals surface area contributed by atoms with Crippen molar-refractivity contribution in [3.05, 3.63) is 46.3 Å². The molecule has 0 saturated carbocycles. The summed E-state index contributed by atoms with van der Waals surface area (Å²) in [6.07, 6.45) is 1.52. The molecule has 2 aromatic rings. The van der Waals surface area contributed by atoms with Crippen LogP contribution in [0, 0.1) is 0 Å². The van der Waals surface area contributed by atoms with E-state index in [0.29, 0.717) is 5.58 Å². The van der Waals surface area contributed by atoms with Gasteiger partial charge in [0.25, 0.3) is 0 Å². The summed E-state index contributed by atoms with van der Waals surface area (Å²) < 4.78 is 5.34. The lowest BCUT2D eigenvalue weighted by Gasteiger charge is -2.31. The first-order chi connectivity index (χ1) is 11.1. The van der Waals surface area contributed by atoms with E-state index in [1.165, 1.54) is 6.07 Å². The molecular weight excluding hydrogens is 296 g/mol. The molecule has 122 valence electrons. The van der Waals surface area contributed by atoms with Crippen molar-refractivity contribution in [1.29, 1.82) is 0 Å². The van der Waals surface area contributed by atoms with Crippen molar-refractivity contribution in [2.24, 2.45) is 0 Å². The second-order valence-electron chi connectivity index (χ2n) is 5.91. The summed E-state index contributed by atoms with van der Waals surface area (Å²) in [5.41, 5.74) is 1.37. The summed E-state index contributed by atoms with van der Waals surface area (Å²) in [6.45, 7) is 2.62. The van der Waals surface area contributed by atoms with Crippen molar-refractivity contribution in [3.8, 4) is 0 Å². The number of carbonyl (C=O) groups is 1. The van der Waals surface area contributed by atoms with E-state index in [1.54, 1.807) is 6.07 Å². The van der Waals surface area contributed by atoms with Crippen molar-refractivity contribution in [3.63, 3.8) is 0 Å². The van der Waals surface area contributed by atoms with E-state index in [0.717, 1.165) is 49.8 Å². The topological polar surface area (TPSA) is 82.8 Å². The van der Waals surface area contributed by atoms with Crippen molar-refractivity contribution in [1.82, 2.24) is 10.2 Å². The number of nitrogens with one attached hydrogen (secondary N) is 1. The van der Waals surface area contributed by atoms with Crippen LogP contribution in [0.15, 0.2) is 39.5 Å². The molecule has 3 rings (SSSR count). The molecule has 6 nitrogen and oxygen atoms in total. The number of para-hydroxylation sites is 1. The number of hydrogen-bond acceptors (Lipinski definition) is 4. The predicted octanol–water partition coefficient (Wildman–Crippen LogP) is 2.07. The first kappa shape index (κ1) is 15.6. The predicted molar refractivity (Wildman–Crippen MR) is 86.8 cm³/mol. The zero-order valence-corrected chi connectivity index (χ0v) is 12.8. The molecule has 2 heterocycles. The molecule has 0 atom stereocenters. The van der Waals surface area contributed by atoms with Crippen LogP contribution in [0.2, 0.25) is 0 Å². The van der Waals surface area contributed by atoms with Gasteiger partial charge < -0.3 is 19.7 Å². The quantitative estimate of drug-likeness (QED) is 0.844. The second-order valence-corrected chi connectivity index (χ2v) is 5.91. The number of hydrogen-bond donors (Lipinski definition) is 2. The highest BCUT2D eigenvalue weighted by Gasteiger charge is 2.20. The first-order valence-corrected chi connectivity index (χ1v) is 7.85. The Kier molecular flexibility index (Phi) is 4.62. The smallest absolute Gasteiger partial charge is 0.404 e. The number of rotatable bonds is 4. The Morgan fingerprint density at radius 3 is 2.78 bits per heavy atom. The zero-order chi connectivity index (χ0) is 16.2. The van der Waals surface area contributed by atoms with Gasteiger partial charge in [-0.25, -0.2) is 9.59 Å². The first-order valence-electron chi connectivity index (χ1n) is 7.85. The van der Waals surface area contributed by atoms with Crippen LogP contribution in [0.5, 0.6) is 0 Å². The van der Waals surface area contributed by atoms with Crippen LogP contribution in [0.1, 0.15) is 18.4 Å². The van der Waals surface area contributed by atoms with Gasteiger partial charge >= 0.3 is 11.7 Å². The summed E-state index contributed by atoms with van der Waals surface area (Å²) in [6, 6.07) is 9.18. The molecule has 0 aliphatic carbocycles. The summed E-state index contributed by atoms with van der Waals surface area (Å²) in [4.78, 5) is 24.4. The second kappa shape index (κ2) is 6.83. The highest BCUT2D eigenvalue weighted by atomic mass is 16.4. The average molecular weight is 316 g/mol. The molecule has 0 bridgehead atoms. The monoisotopic (exact) mass is 316 g/mol. The van der Waals surface area contributed by atoms with E-state index in [9.17, 15) is 9.59 Å². The number of amides is 1. The lowest BCUT2D eigenvalue weighted by Crippen LogP contribution is -2.44. The van der Waals surface area contributed by atoms with Crippen LogP contribution < -0.4 is 10.9 Å². The minimum Gasteiger partial charge on any atom is -0.465 e. The Hall–Kier alpha value is -2.34. The van der Waals surface area contributed by atoms with E-state index in [2.05, 4.69) is 10.2 Å². The Labute approximate surface area is 133 Å². The summed E-state index contributed by atoms with van der Waals surface area (Å²) >= 11 is 0. The van der Waals surface area contributed by atoms with Crippen LogP contribution in [0.3, 0.4) is 0 Å². The molecule has 6 heteroatoms. The van der Waals surface area contributed by atoms with Crippen molar-refractivity contribution in [2.75, 3.05) is 19.6 Å². The van der Waals surface area contributed by atoms with E-state index in [1.807, 2.05) is 18.2 Å². The minimum absolute atomic E-state index is 0.0549. The fourth-order valence-corrected chi connectivity index (χ4v) is 3.10. The number of piperidine rings is 1. The highest BCUT2D eigenvalue weighted by Crippen LogP contribution is 2.18. The maximum absolute atomic E-state index is 11.4. The molecule has 1 aliphatic heterocycles. The van der Waals surface area contributed by atoms with Crippen LogP contribution >= 0.6 is 0 Å². The van der Waals surface area contributed by atoms with Crippen LogP contribution in [0.4, 0.5) is 4.79 Å². The van der Waals surface area contributed by atoms with Gasteiger partial charge in [-0.3, -0.25) is 0 Å². The van der Waals surface area contributed by atoms with E-state index < -0.39 is 6.09 Å². The number of fused-ring (bicyclic) bond motifs is 1. The molecular formula is C17H20N2O4. The Morgan fingerprint density at radius 1 is 1.26 bits per heavy atom. The van der Waals surface area contributed by atoms with Gasteiger partial charge in [0.15, 0.2) is 0 Å². The SMILES string of the molecule is O=C(O)NC1CCN(CCc2cccc3ccc(=O)oc23)CC1. The Bertz CT molecular complexity index is 748. The largest absolute Gasteiger partial charge is 0.465 e. The van der Waals surface area contributed by atoms with Crippen molar-refractivity contribution >= 4 is 17.1 Å². The fraction of sp³-hybridized carbons (Fsp3) is 0.412. The maximum Gasteiger partial charge on any atom is 0.404 e. The summed E-state index contributed by atoms with van der Waals surface area (Å²) in [5.74, 6) is 0. The Balaban J connectivity index is 1.60. The molecule has 0 unspecified atom stereocenters. The van der Waals surface area contributed by atoms with Crippen LogP contribution in [-0.2, 0) is 6.42 Å². The molecule has 1 aliphatic rings. The molecule has 23 heavy (non-hydrogen) atoms. The Morgan fingerprint density at radius 2 is 2.04 bits per heavy atom. The van der Waals surface area contributed by atoms with E-state index in [-0.39, 0.29) is 11.7 Å². The minimum atomic E-state index is -0.950. The van der Waals surface area contributed by atoms with Gasteiger partial charge in [0, 0.05) is 37.1 Å². The third-order valence-electron chi connectivity index (χ3n) is 4.34. The van der Waals surface area contributed by atoms with Crippen molar-refractivity contribution < 1.29 is 14.3 Å². The number of carboxylic acid groups (broad SMARTS) is 1. The number of likely N-dealkylation sites (tertiary alicyclic amines) is 1. The van der Waals surface area contributed by atoms with Gasteiger partial charge in [0.1, 0.15) is 5.58 Å². The zero-order valence-electron chi connectivity index (χ0n) is 12.8. The van der Waals surface area contributed by atoms with Crippen molar-refractivity contribution in [2.45, 2.75) is 25.3 Å². The fourth-order valence-electron chi connectivity index (χ4n) is 3.10. The molecule has 1 aromatic carbocycles. The van der Waals surface area contributed by atoms with Gasteiger partial charge in [0.2, 0.25) is 0 Å². The normalized spacial score (nSPS) is 16.5. The summed E-state index contributed by atoms with van der Waals surface area (Å²) in [5, 5.41) is 12.2. The molecule has 0 radical (unpaired) electrons. The number of benzene rings is 1.